The number of benzene rings is 1. The van der Waals surface area contributed by atoms with Crippen molar-refractivity contribution in [1.29, 1.82) is 0 Å². The first kappa shape index (κ1) is 14.1. The Kier molecular flexibility index (Phi) is 4.00. The second kappa shape index (κ2) is 6.26. The lowest BCUT2D eigenvalue weighted by molar-refractivity contribution is 0.311. The molecule has 0 amide bonds. The molecule has 0 bridgehead atoms. The standard InChI is InChI=1S/C16H15N3O3/c1-3-21-13-8-7-11(10-14(13)20-2)15-18-16(22-19-15)12-6-4-5-9-17-12/h4-10H,3H2,1-2H3. The molecule has 6 heteroatoms. The maximum absolute atomic E-state index is 5.49. The van der Waals surface area contributed by atoms with Crippen molar-refractivity contribution >= 4 is 0 Å². The largest absolute Gasteiger partial charge is 0.493 e. The van der Waals surface area contributed by atoms with Gasteiger partial charge in [0, 0.05) is 11.8 Å². The van der Waals surface area contributed by atoms with Gasteiger partial charge in [-0.15, -0.1) is 0 Å². The number of ether oxygens (including phenoxy) is 2. The first-order valence-electron chi connectivity index (χ1n) is 6.88. The zero-order valence-corrected chi connectivity index (χ0v) is 12.3. The summed E-state index contributed by atoms with van der Waals surface area (Å²) in [6.45, 7) is 2.49. The average molecular weight is 297 g/mol. The highest BCUT2D eigenvalue weighted by molar-refractivity contribution is 5.62. The maximum Gasteiger partial charge on any atom is 0.276 e. The first-order valence-corrected chi connectivity index (χ1v) is 6.88. The highest BCUT2D eigenvalue weighted by Crippen LogP contribution is 2.32. The van der Waals surface area contributed by atoms with Crippen LogP contribution in [0.5, 0.6) is 11.5 Å². The minimum atomic E-state index is 0.378. The summed E-state index contributed by atoms with van der Waals surface area (Å²) in [4.78, 5) is 8.55. The second-order valence-corrected chi connectivity index (χ2v) is 4.44. The predicted molar refractivity (Wildman–Crippen MR) is 80.7 cm³/mol. The Balaban J connectivity index is 1.93. The smallest absolute Gasteiger partial charge is 0.276 e. The third-order valence-electron chi connectivity index (χ3n) is 3.03. The van der Waals surface area contributed by atoms with Crippen molar-refractivity contribution in [2.75, 3.05) is 13.7 Å². The van der Waals surface area contributed by atoms with Crippen molar-refractivity contribution in [1.82, 2.24) is 15.1 Å². The third kappa shape index (κ3) is 2.76. The summed E-state index contributed by atoms with van der Waals surface area (Å²) in [5.74, 6) is 2.16. The number of nitrogens with zero attached hydrogens (tertiary/aromatic N) is 3. The molecule has 0 radical (unpaired) electrons. The highest BCUT2D eigenvalue weighted by atomic mass is 16.5. The lowest BCUT2D eigenvalue weighted by Gasteiger charge is -2.09. The summed E-state index contributed by atoms with van der Waals surface area (Å²) in [5.41, 5.74) is 1.42. The topological polar surface area (TPSA) is 70.3 Å². The fourth-order valence-electron chi connectivity index (χ4n) is 2.02. The SMILES string of the molecule is CCOc1ccc(-c2noc(-c3ccccn3)n2)cc1OC. The van der Waals surface area contributed by atoms with Crippen molar-refractivity contribution in [2.24, 2.45) is 0 Å². The number of hydrogen-bond acceptors (Lipinski definition) is 6. The third-order valence-corrected chi connectivity index (χ3v) is 3.03. The maximum atomic E-state index is 5.49. The molecule has 3 rings (SSSR count). The normalized spacial score (nSPS) is 10.5. The quantitative estimate of drug-likeness (QED) is 0.720. The Morgan fingerprint density at radius 2 is 2.05 bits per heavy atom. The second-order valence-electron chi connectivity index (χ2n) is 4.44. The molecule has 0 aliphatic carbocycles. The molecule has 0 spiro atoms. The molecular formula is C16H15N3O3. The van der Waals surface area contributed by atoms with Crippen molar-refractivity contribution < 1.29 is 14.0 Å². The fourth-order valence-corrected chi connectivity index (χ4v) is 2.02. The van der Waals surface area contributed by atoms with E-state index in [1.165, 1.54) is 0 Å². The van der Waals surface area contributed by atoms with E-state index in [0.29, 0.717) is 35.5 Å². The van der Waals surface area contributed by atoms with E-state index in [4.69, 9.17) is 14.0 Å². The Morgan fingerprint density at radius 3 is 2.77 bits per heavy atom. The first-order chi connectivity index (χ1) is 10.8. The van der Waals surface area contributed by atoms with Gasteiger partial charge in [-0.1, -0.05) is 11.2 Å². The van der Waals surface area contributed by atoms with Crippen LogP contribution in [0, 0.1) is 0 Å². The summed E-state index contributed by atoms with van der Waals surface area (Å²) in [7, 11) is 1.59. The van der Waals surface area contributed by atoms with Crippen LogP contribution in [-0.4, -0.2) is 28.8 Å². The van der Waals surface area contributed by atoms with Crippen LogP contribution < -0.4 is 9.47 Å². The van der Waals surface area contributed by atoms with Gasteiger partial charge in [0.1, 0.15) is 5.69 Å². The number of methoxy groups -OCH3 is 1. The molecule has 0 atom stereocenters. The van der Waals surface area contributed by atoms with E-state index < -0.39 is 0 Å². The van der Waals surface area contributed by atoms with Crippen LogP contribution in [0.25, 0.3) is 23.0 Å². The minimum absolute atomic E-state index is 0.378. The van der Waals surface area contributed by atoms with Gasteiger partial charge in [-0.25, -0.2) is 0 Å². The van der Waals surface area contributed by atoms with Gasteiger partial charge in [-0.05, 0) is 37.3 Å². The molecule has 3 aromatic rings. The van der Waals surface area contributed by atoms with Gasteiger partial charge in [-0.3, -0.25) is 4.98 Å². The van der Waals surface area contributed by atoms with Gasteiger partial charge in [0.05, 0.1) is 13.7 Å². The minimum Gasteiger partial charge on any atom is -0.493 e. The number of rotatable bonds is 5. The van der Waals surface area contributed by atoms with E-state index in [1.807, 2.05) is 43.3 Å². The summed E-state index contributed by atoms with van der Waals surface area (Å²) >= 11 is 0. The van der Waals surface area contributed by atoms with E-state index in [-0.39, 0.29) is 0 Å². The molecule has 112 valence electrons. The van der Waals surface area contributed by atoms with E-state index >= 15 is 0 Å². The van der Waals surface area contributed by atoms with E-state index in [9.17, 15) is 0 Å². The zero-order chi connectivity index (χ0) is 15.4. The van der Waals surface area contributed by atoms with Crippen LogP contribution in [0.1, 0.15) is 6.92 Å². The highest BCUT2D eigenvalue weighted by Gasteiger charge is 2.13. The predicted octanol–water partition coefficient (Wildman–Crippen LogP) is 3.21. The van der Waals surface area contributed by atoms with Crippen molar-refractivity contribution in [3.63, 3.8) is 0 Å². The molecule has 22 heavy (non-hydrogen) atoms. The lowest BCUT2D eigenvalue weighted by atomic mass is 10.2. The van der Waals surface area contributed by atoms with Gasteiger partial charge in [0.25, 0.3) is 5.89 Å². The van der Waals surface area contributed by atoms with Crippen LogP contribution in [0.15, 0.2) is 47.1 Å². The van der Waals surface area contributed by atoms with Crippen LogP contribution in [0.4, 0.5) is 0 Å². The van der Waals surface area contributed by atoms with E-state index in [2.05, 4.69) is 15.1 Å². The number of pyridine rings is 1. The number of aromatic nitrogens is 3. The molecule has 0 unspecified atom stereocenters. The Morgan fingerprint density at radius 1 is 1.14 bits per heavy atom. The Bertz CT molecular complexity index is 756. The molecule has 0 aliphatic heterocycles. The zero-order valence-electron chi connectivity index (χ0n) is 12.3. The van der Waals surface area contributed by atoms with Crippen molar-refractivity contribution in [3.8, 4) is 34.5 Å². The van der Waals surface area contributed by atoms with Gasteiger partial charge in [0.15, 0.2) is 11.5 Å². The lowest BCUT2D eigenvalue weighted by Crippen LogP contribution is -1.95. The molecule has 2 heterocycles. The van der Waals surface area contributed by atoms with Crippen molar-refractivity contribution in [2.45, 2.75) is 6.92 Å². The summed E-state index contributed by atoms with van der Waals surface area (Å²) in [5, 5.41) is 3.99. The Hall–Kier alpha value is -2.89. The van der Waals surface area contributed by atoms with E-state index in [0.717, 1.165) is 5.56 Å². The molecule has 0 saturated heterocycles. The van der Waals surface area contributed by atoms with Crippen LogP contribution in [0.2, 0.25) is 0 Å². The van der Waals surface area contributed by atoms with Crippen LogP contribution in [0.3, 0.4) is 0 Å². The molecule has 6 nitrogen and oxygen atoms in total. The van der Waals surface area contributed by atoms with Gasteiger partial charge < -0.3 is 14.0 Å². The van der Waals surface area contributed by atoms with E-state index in [1.54, 1.807) is 13.3 Å². The molecule has 0 aliphatic rings. The van der Waals surface area contributed by atoms with Crippen LogP contribution >= 0.6 is 0 Å². The molecule has 0 N–H and O–H groups in total. The van der Waals surface area contributed by atoms with Crippen molar-refractivity contribution in [3.05, 3.63) is 42.6 Å². The summed E-state index contributed by atoms with van der Waals surface area (Å²) in [6.07, 6.45) is 1.68. The van der Waals surface area contributed by atoms with Crippen LogP contribution in [-0.2, 0) is 0 Å². The average Bonchev–Trinajstić information content (AvgIpc) is 3.06. The van der Waals surface area contributed by atoms with Gasteiger partial charge in [-0.2, -0.15) is 4.98 Å². The number of hydrogen-bond donors (Lipinski definition) is 0. The Labute approximate surface area is 127 Å². The van der Waals surface area contributed by atoms with Gasteiger partial charge in [0.2, 0.25) is 5.82 Å². The molecular weight excluding hydrogens is 282 g/mol. The molecule has 0 fully saturated rings. The summed E-state index contributed by atoms with van der Waals surface area (Å²) < 4.78 is 16.1. The molecule has 1 aromatic carbocycles. The molecule has 0 saturated carbocycles. The van der Waals surface area contributed by atoms with Gasteiger partial charge >= 0.3 is 0 Å². The fraction of sp³-hybridized carbons (Fsp3) is 0.188. The summed E-state index contributed by atoms with van der Waals surface area (Å²) in [6, 6.07) is 11.0. The molecule has 2 aromatic heterocycles. The monoisotopic (exact) mass is 297 g/mol.